The number of carbonyl (C=O) groups excluding carboxylic acids is 2. The molecule has 0 fully saturated rings. The van der Waals surface area contributed by atoms with Gasteiger partial charge in [-0.3, -0.25) is 9.48 Å². The predicted molar refractivity (Wildman–Crippen MR) is 85.0 cm³/mol. The first kappa shape index (κ1) is 15.3. The summed E-state index contributed by atoms with van der Waals surface area (Å²) in [5, 5.41) is 4.00. The first-order valence-corrected chi connectivity index (χ1v) is 7.71. The average Bonchev–Trinajstić information content (AvgIpc) is 3.12. The third kappa shape index (κ3) is 3.26. The summed E-state index contributed by atoms with van der Waals surface area (Å²) in [6.07, 6.45) is 5.17. The predicted octanol–water partition coefficient (Wildman–Crippen LogP) is 1.97. The van der Waals surface area contributed by atoms with Crippen molar-refractivity contribution in [3.8, 4) is 0 Å². The van der Waals surface area contributed by atoms with Gasteiger partial charge in [0.25, 0.3) is 5.91 Å². The van der Waals surface area contributed by atoms with Crippen LogP contribution in [0.4, 0.5) is 5.69 Å². The van der Waals surface area contributed by atoms with E-state index in [1.54, 1.807) is 30.3 Å². The first-order valence-electron chi connectivity index (χ1n) is 7.71. The lowest BCUT2D eigenvalue weighted by Crippen LogP contribution is -2.38. The van der Waals surface area contributed by atoms with Crippen LogP contribution in [0.15, 0.2) is 42.7 Å². The number of rotatable bonds is 4. The van der Waals surface area contributed by atoms with Gasteiger partial charge in [-0.1, -0.05) is 18.2 Å². The Balaban J connectivity index is 1.61. The fraction of sp³-hybridized carbons (Fsp3) is 0.353. The molecule has 1 aliphatic heterocycles. The third-order valence-electron chi connectivity index (χ3n) is 4.01. The van der Waals surface area contributed by atoms with E-state index in [-0.39, 0.29) is 12.5 Å². The van der Waals surface area contributed by atoms with Crippen LogP contribution < -0.4 is 4.90 Å². The van der Waals surface area contributed by atoms with E-state index in [0.717, 1.165) is 24.1 Å². The molecule has 1 aliphatic rings. The zero-order valence-corrected chi connectivity index (χ0v) is 13.0. The summed E-state index contributed by atoms with van der Waals surface area (Å²) >= 11 is 0. The molecule has 6 nitrogen and oxygen atoms in total. The minimum absolute atomic E-state index is 0.196. The third-order valence-corrected chi connectivity index (χ3v) is 4.01. The minimum atomic E-state index is -0.550. The summed E-state index contributed by atoms with van der Waals surface area (Å²) in [5.41, 5.74) is 2.07. The lowest BCUT2D eigenvalue weighted by Gasteiger charge is -2.29. The van der Waals surface area contributed by atoms with Gasteiger partial charge in [-0.25, -0.2) is 4.79 Å². The molecule has 120 valence electrons. The molecule has 2 heterocycles. The molecule has 1 unspecified atom stereocenters. The fourth-order valence-electron chi connectivity index (χ4n) is 2.74. The largest absolute Gasteiger partial charge is 0.454 e. The summed E-state index contributed by atoms with van der Waals surface area (Å²) in [6, 6.07) is 9.03. The second-order valence-electron chi connectivity index (χ2n) is 5.55. The molecule has 0 N–H and O–H groups in total. The number of nitrogens with zero attached hydrogens (tertiary/aromatic N) is 3. The number of hydrogen-bond donors (Lipinski definition) is 0. The van der Waals surface area contributed by atoms with Gasteiger partial charge in [0.15, 0.2) is 6.61 Å². The van der Waals surface area contributed by atoms with Gasteiger partial charge in [-0.2, -0.15) is 5.10 Å². The van der Waals surface area contributed by atoms with Gasteiger partial charge in [0, 0.05) is 24.6 Å². The van der Waals surface area contributed by atoms with Crippen LogP contribution >= 0.6 is 0 Å². The van der Waals surface area contributed by atoms with E-state index in [2.05, 4.69) is 5.10 Å². The van der Waals surface area contributed by atoms with Crippen LogP contribution in [-0.4, -0.2) is 34.8 Å². The molecule has 0 bridgehead atoms. The lowest BCUT2D eigenvalue weighted by atomic mass is 10.0. The maximum atomic E-state index is 12.4. The molecular weight excluding hydrogens is 294 g/mol. The number of esters is 1. The van der Waals surface area contributed by atoms with Gasteiger partial charge in [0.1, 0.15) is 6.04 Å². The standard InChI is InChI=1S/C17H19N3O3/c1-13(20-11-5-9-18-20)17(22)23-12-16(21)19-10-4-7-14-6-2-3-8-15(14)19/h2-3,5-6,8-9,11,13H,4,7,10,12H2,1H3. The van der Waals surface area contributed by atoms with Gasteiger partial charge in [0.05, 0.1) is 0 Å². The quantitative estimate of drug-likeness (QED) is 0.810. The summed E-state index contributed by atoms with van der Waals surface area (Å²) < 4.78 is 6.67. The number of ether oxygens (including phenoxy) is 1. The molecule has 0 radical (unpaired) electrons. The Morgan fingerprint density at radius 3 is 2.91 bits per heavy atom. The van der Waals surface area contributed by atoms with E-state index in [9.17, 15) is 9.59 Å². The number of para-hydroxylation sites is 1. The molecule has 23 heavy (non-hydrogen) atoms. The number of anilines is 1. The average molecular weight is 313 g/mol. The molecule has 2 aromatic rings. The Morgan fingerprint density at radius 2 is 2.13 bits per heavy atom. The van der Waals surface area contributed by atoms with Crippen LogP contribution in [0.1, 0.15) is 24.9 Å². The molecule has 1 aromatic heterocycles. The number of amides is 1. The highest BCUT2D eigenvalue weighted by Crippen LogP contribution is 2.26. The highest BCUT2D eigenvalue weighted by atomic mass is 16.5. The molecule has 0 saturated carbocycles. The molecule has 0 aliphatic carbocycles. The molecule has 0 saturated heterocycles. The Morgan fingerprint density at radius 1 is 1.30 bits per heavy atom. The maximum absolute atomic E-state index is 12.4. The first-order chi connectivity index (χ1) is 11.2. The van der Waals surface area contributed by atoms with Crippen molar-refractivity contribution in [1.82, 2.24) is 9.78 Å². The number of aryl methyl sites for hydroxylation is 1. The number of fused-ring (bicyclic) bond motifs is 1. The van der Waals surface area contributed by atoms with Gasteiger partial charge in [0.2, 0.25) is 0 Å². The summed E-state index contributed by atoms with van der Waals surface area (Å²) in [7, 11) is 0. The molecular formula is C17H19N3O3. The van der Waals surface area contributed by atoms with Crippen LogP contribution in [-0.2, 0) is 20.7 Å². The molecule has 1 atom stereocenters. The topological polar surface area (TPSA) is 64.4 Å². The second kappa shape index (κ2) is 6.64. The van der Waals surface area contributed by atoms with Gasteiger partial charge >= 0.3 is 5.97 Å². The van der Waals surface area contributed by atoms with E-state index in [4.69, 9.17) is 4.74 Å². The monoisotopic (exact) mass is 313 g/mol. The van der Waals surface area contributed by atoms with Crippen molar-refractivity contribution < 1.29 is 14.3 Å². The number of carbonyl (C=O) groups is 2. The van der Waals surface area contributed by atoms with Crippen molar-refractivity contribution in [2.45, 2.75) is 25.8 Å². The Bertz CT molecular complexity index is 697. The van der Waals surface area contributed by atoms with E-state index < -0.39 is 12.0 Å². The van der Waals surface area contributed by atoms with Crippen LogP contribution in [0.3, 0.4) is 0 Å². The smallest absolute Gasteiger partial charge is 0.331 e. The lowest BCUT2D eigenvalue weighted by molar-refractivity contribution is -0.151. The van der Waals surface area contributed by atoms with Gasteiger partial charge in [-0.05, 0) is 37.5 Å². The Labute approximate surface area is 134 Å². The molecule has 3 rings (SSSR count). The zero-order chi connectivity index (χ0) is 16.2. The summed E-state index contributed by atoms with van der Waals surface area (Å²) in [5.74, 6) is -0.662. The molecule has 6 heteroatoms. The highest BCUT2D eigenvalue weighted by molar-refractivity contribution is 5.96. The van der Waals surface area contributed by atoms with E-state index in [1.165, 1.54) is 4.68 Å². The van der Waals surface area contributed by atoms with E-state index in [0.29, 0.717) is 6.54 Å². The minimum Gasteiger partial charge on any atom is -0.454 e. The zero-order valence-electron chi connectivity index (χ0n) is 13.0. The van der Waals surface area contributed by atoms with Crippen molar-refractivity contribution >= 4 is 17.6 Å². The SMILES string of the molecule is CC(C(=O)OCC(=O)N1CCCc2ccccc21)n1cccn1. The van der Waals surface area contributed by atoms with Crippen molar-refractivity contribution in [3.05, 3.63) is 48.3 Å². The van der Waals surface area contributed by atoms with Crippen LogP contribution in [0.5, 0.6) is 0 Å². The van der Waals surface area contributed by atoms with Gasteiger partial charge in [-0.15, -0.1) is 0 Å². The summed E-state index contributed by atoms with van der Waals surface area (Å²) in [6.45, 7) is 2.09. The maximum Gasteiger partial charge on any atom is 0.331 e. The van der Waals surface area contributed by atoms with Crippen molar-refractivity contribution in [3.63, 3.8) is 0 Å². The van der Waals surface area contributed by atoms with Crippen molar-refractivity contribution in [2.75, 3.05) is 18.1 Å². The highest BCUT2D eigenvalue weighted by Gasteiger charge is 2.24. The van der Waals surface area contributed by atoms with E-state index >= 15 is 0 Å². The molecule has 1 amide bonds. The fourth-order valence-corrected chi connectivity index (χ4v) is 2.74. The second-order valence-corrected chi connectivity index (χ2v) is 5.55. The Hall–Kier alpha value is -2.63. The van der Waals surface area contributed by atoms with Gasteiger partial charge < -0.3 is 9.64 Å². The Kier molecular flexibility index (Phi) is 4.41. The summed E-state index contributed by atoms with van der Waals surface area (Å²) in [4.78, 5) is 26.1. The number of hydrogen-bond acceptors (Lipinski definition) is 4. The van der Waals surface area contributed by atoms with E-state index in [1.807, 2.05) is 24.3 Å². The molecule has 0 spiro atoms. The van der Waals surface area contributed by atoms with Crippen LogP contribution in [0.2, 0.25) is 0 Å². The molecule has 1 aromatic carbocycles. The van der Waals surface area contributed by atoms with Crippen LogP contribution in [0, 0.1) is 0 Å². The normalized spacial score (nSPS) is 14.9. The number of benzene rings is 1. The van der Waals surface area contributed by atoms with Crippen molar-refractivity contribution in [2.24, 2.45) is 0 Å². The van der Waals surface area contributed by atoms with Crippen molar-refractivity contribution in [1.29, 1.82) is 0 Å². The number of aromatic nitrogens is 2. The van der Waals surface area contributed by atoms with Crippen LogP contribution in [0.25, 0.3) is 0 Å².